The number of hydrogen-bond acceptors (Lipinski definition) is 3. The van der Waals surface area contributed by atoms with E-state index in [0.29, 0.717) is 11.6 Å². The Bertz CT molecular complexity index is 861. The number of aromatic nitrogens is 2. The molecule has 0 saturated carbocycles. The molecule has 2 heterocycles. The molecule has 0 bridgehead atoms. The lowest BCUT2D eigenvalue weighted by Gasteiger charge is -2.08. The van der Waals surface area contributed by atoms with Gasteiger partial charge in [0.05, 0.1) is 0 Å². The van der Waals surface area contributed by atoms with E-state index in [-0.39, 0.29) is 5.97 Å². The first-order valence-electron chi connectivity index (χ1n) is 7.21. The van der Waals surface area contributed by atoms with E-state index in [1.807, 2.05) is 61.6 Å². The summed E-state index contributed by atoms with van der Waals surface area (Å²) >= 11 is 0. The van der Waals surface area contributed by atoms with E-state index in [1.54, 1.807) is 0 Å². The van der Waals surface area contributed by atoms with Crippen molar-refractivity contribution in [2.24, 2.45) is 0 Å². The molecule has 22 heavy (non-hydrogen) atoms. The minimum absolute atomic E-state index is 0.351. The number of fused-ring (bicyclic) bond motifs is 1. The highest BCUT2D eigenvalue weighted by molar-refractivity contribution is 5.76. The van der Waals surface area contributed by atoms with Gasteiger partial charge in [-0.2, -0.15) is 0 Å². The van der Waals surface area contributed by atoms with Crippen molar-refractivity contribution in [1.29, 1.82) is 0 Å². The van der Waals surface area contributed by atoms with Gasteiger partial charge < -0.3 is 4.74 Å². The molecule has 0 amide bonds. The molecule has 0 aliphatic carbocycles. The molecule has 0 spiro atoms. The van der Waals surface area contributed by atoms with E-state index in [0.717, 1.165) is 22.5 Å². The molecule has 4 nitrogen and oxygen atoms in total. The van der Waals surface area contributed by atoms with E-state index in [9.17, 15) is 4.79 Å². The zero-order chi connectivity index (χ0) is 15.9. The lowest BCUT2D eigenvalue weighted by Crippen LogP contribution is -2.06. The maximum atomic E-state index is 11.5. The second-order valence-corrected chi connectivity index (χ2v) is 5.52. The number of esters is 1. The van der Waals surface area contributed by atoms with Crippen LogP contribution >= 0.6 is 0 Å². The molecule has 3 aromatic rings. The van der Waals surface area contributed by atoms with Gasteiger partial charge in [0.2, 0.25) is 5.88 Å². The molecule has 4 heteroatoms. The standard InChI is InChI=1S/C18H18N2O2/c1-11-5-8-15(9-6-11)17-18(22-14(4)21)20-13(3)12(2)7-10-16(20)19-17/h5-10H,1-4H3. The fourth-order valence-electron chi connectivity index (χ4n) is 2.48. The SMILES string of the molecule is CC(=O)Oc1c(-c2ccc(C)cc2)nc2ccc(C)c(C)n12. The van der Waals surface area contributed by atoms with Crippen molar-refractivity contribution in [3.05, 3.63) is 53.2 Å². The van der Waals surface area contributed by atoms with Crippen LogP contribution in [0.1, 0.15) is 23.7 Å². The smallest absolute Gasteiger partial charge is 0.309 e. The average molecular weight is 294 g/mol. The van der Waals surface area contributed by atoms with Crippen molar-refractivity contribution >= 4 is 11.6 Å². The number of ether oxygens (including phenoxy) is 1. The molecular formula is C18H18N2O2. The average Bonchev–Trinajstić information content (AvgIpc) is 2.82. The summed E-state index contributed by atoms with van der Waals surface area (Å²) in [7, 11) is 0. The summed E-state index contributed by atoms with van der Waals surface area (Å²) in [5, 5.41) is 0. The first-order valence-corrected chi connectivity index (χ1v) is 7.21. The number of imidazole rings is 1. The minimum Gasteiger partial charge on any atom is -0.407 e. The van der Waals surface area contributed by atoms with Crippen LogP contribution in [0.5, 0.6) is 5.88 Å². The van der Waals surface area contributed by atoms with Gasteiger partial charge in [-0.15, -0.1) is 0 Å². The molecule has 0 saturated heterocycles. The highest BCUT2D eigenvalue weighted by atomic mass is 16.5. The summed E-state index contributed by atoms with van der Waals surface area (Å²) in [4.78, 5) is 16.2. The molecule has 0 radical (unpaired) electrons. The Hall–Kier alpha value is -2.62. The number of carbonyl (C=O) groups excluding carboxylic acids is 1. The molecular weight excluding hydrogens is 276 g/mol. The first kappa shape index (κ1) is 14.3. The van der Waals surface area contributed by atoms with E-state index in [1.165, 1.54) is 12.5 Å². The van der Waals surface area contributed by atoms with Gasteiger partial charge in [-0.25, -0.2) is 4.98 Å². The molecule has 0 fully saturated rings. The van der Waals surface area contributed by atoms with Gasteiger partial charge in [0.15, 0.2) is 0 Å². The van der Waals surface area contributed by atoms with E-state index < -0.39 is 0 Å². The lowest BCUT2D eigenvalue weighted by molar-refractivity contribution is -0.132. The van der Waals surface area contributed by atoms with Gasteiger partial charge in [-0.05, 0) is 32.4 Å². The molecule has 0 aliphatic heterocycles. The van der Waals surface area contributed by atoms with E-state index >= 15 is 0 Å². The summed E-state index contributed by atoms with van der Waals surface area (Å²) < 4.78 is 7.38. The second-order valence-electron chi connectivity index (χ2n) is 5.52. The second kappa shape index (κ2) is 5.30. The van der Waals surface area contributed by atoms with E-state index in [2.05, 4.69) is 4.98 Å². The third-order valence-corrected chi connectivity index (χ3v) is 3.82. The largest absolute Gasteiger partial charge is 0.407 e. The summed E-state index contributed by atoms with van der Waals surface area (Å²) in [5.41, 5.74) is 5.70. The number of nitrogens with zero attached hydrogens (tertiary/aromatic N) is 2. The van der Waals surface area contributed by atoms with Gasteiger partial charge in [0, 0.05) is 18.2 Å². The zero-order valence-electron chi connectivity index (χ0n) is 13.2. The van der Waals surface area contributed by atoms with Crippen LogP contribution in [0.25, 0.3) is 16.9 Å². The van der Waals surface area contributed by atoms with Crippen molar-refractivity contribution in [3.63, 3.8) is 0 Å². The van der Waals surface area contributed by atoms with Crippen molar-refractivity contribution in [2.75, 3.05) is 0 Å². The Morgan fingerprint density at radius 1 is 1.05 bits per heavy atom. The molecule has 0 N–H and O–H groups in total. The number of benzene rings is 1. The van der Waals surface area contributed by atoms with Crippen molar-refractivity contribution in [2.45, 2.75) is 27.7 Å². The fourth-order valence-corrected chi connectivity index (χ4v) is 2.48. The minimum atomic E-state index is -0.351. The normalized spacial score (nSPS) is 10.9. The van der Waals surface area contributed by atoms with E-state index in [4.69, 9.17) is 4.74 Å². The van der Waals surface area contributed by atoms with Crippen molar-refractivity contribution < 1.29 is 9.53 Å². The monoisotopic (exact) mass is 294 g/mol. The molecule has 1 aromatic carbocycles. The Balaban J connectivity index is 2.31. The Morgan fingerprint density at radius 3 is 2.36 bits per heavy atom. The topological polar surface area (TPSA) is 43.6 Å². The quantitative estimate of drug-likeness (QED) is 0.674. The van der Waals surface area contributed by atoms with Crippen LogP contribution in [0.15, 0.2) is 36.4 Å². The lowest BCUT2D eigenvalue weighted by atomic mass is 10.1. The summed E-state index contributed by atoms with van der Waals surface area (Å²) in [6.45, 7) is 7.46. The van der Waals surface area contributed by atoms with Crippen molar-refractivity contribution in [3.8, 4) is 17.1 Å². The van der Waals surface area contributed by atoms with Crippen LogP contribution in [-0.2, 0) is 4.79 Å². The molecule has 112 valence electrons. The highest BCUT2D eigenvalue weighted by Gasteiger charge is 2.19. The molecule has 0 aliphatic rings. The summed E-state index contributed by atoms with van der Waals surface area (Å²) in [6.07, 6.45) is 0. The number of carbonyl (C=O) groups is 1. The molecule has 0 atom stereocenters. The van der Waals surface area contributed by atoms with Gasteiger partial charge in [0.25, 0.3) is 0 Å². The van der Waals surface area contributed by atoms with Crippen LogP contribution < -0.4 is 4.74 Å². The summed E-state index contributed by atoms with van der Waals surface area (Å²) in [5.74, 6) is 0.128. The predicted molar refractivity (Wildman–Crippen MR) is 86.1 cm³/mol. The van der Waals surface area contributed by atoms with Crippen molar-refractivity contribution in [1.82, 2.24) is 9.38 Å². The third kappa shape index (κ3) is 2.37. The predicted octanol–water partition coefficient (Wildman–Crippen LogP) is 3.85. The zero-order valence-corrected chi connectivity index (χ0v) is 13.2. The van der Waals surface area contributed by atoms with Crippen LogP contribution in [0.2, 0.25) is 0 Å². The molecule has 3 rings (SSSR count). The Morgan fingerprint density at radius 2 is 1.73 bits per heavy atom. The summed E-state index contributed by atoms with van der Waals surface area (Å²) in [6, 6.07) is 12.0. The first-order chi connectivity index (χ1) is 10.5. The van der Waals surface area contributed by atoms with Crippen LogP contribution in [0.3, 0.4) is 0 Å². The fraction of sp³-hybridized carbons (Fsp3) is 0.222. The Kier molecular flexibility index (Phi) is 3.45. The number of rotatable bonds is 2. The third-order valence-electron chi connectivity index (χ3n) is 3.82. The van der Waals surface area contributed by atoms with Gasteiger partial charge in [0.1, 0.15) is 11.3 Å². The molecule has 0 unspecified atom stereocenters. The number of pyridine rings is 1. The van der Waals surface area contributed by atoms with Crippen LogP contribution in [0.4, 0.5) is 0 Å². The van der Waals surface area contributed by atoms with Gasteiger partial charge in [-0.3, -0.25) is 9.20 Å². The molecule has 2 aromatic heterocycles. The van der Waals surface area contributed by atoms with Gasteiger partial charge >= 0.3 is 5.97 Å². The maximum Gasteiger partial charge on any atom is 0.309 e. The Labute approximate surface area is 129 Å². The maximum absolute atomic E-state index is 11.5. The van der Waals surface area contributed by atoms with Crippen LogP contribution in [-0.4, -0.2) is 15.4 Å². The number of aryl methyl sites for hydroxylation is 3. The highest BCUT2D eigenvalue weighted by Crippen LogP contribution is 2.32. The number of hydrogen-bond donors (Lipinski definition) is 0. The van der Waals surface area contributed by atoms with Crippen LogP contribution in [0, 0.1) is 20.8 Å². The van der Waals surface area contributed by atoms with Gasteiger partial charge in [-0.1, -0.05) is 35.9 Å².